The first kappa shape index (κ1) is 32.0. The Morgan fingerprint density at radius 3 is 2.32 bits per heavy atom. The number of aryl methyl sites for hydroxylation is 1. The van der Waals surface area contributed by atoms with Gasteiger partial charge in [0.2, 0.25) is 21.8 Å². The molecule has 3 rings (SSSR count). The van der Waals surface area contributed by atoms with Crippen molar-refractivity contribution in [2.75, 3.05) is 30.8 Å². The second kappa shape index (κ2) is 14.9. The fourth-order valence-corrected chi connectivity index (χ4v) is 5.55. The molecule has 1 N–H and O–H groups in total. The Morgan fingerprint density at radius 1 is 1.02 bits per heavy atom. The molecule has 0 heterocycles. The van der Waals surface area contributed by atoms with Crippen molar-refractivity contribution < 1.29 is 22.7 Å². The maximum Gasteiger partial charge on any atom is 0.244 e. The lowest BCUT2D eigenvalue weighted by atomic mass is 10.0. The van der Waals surface area contributed by atoms with E-state index in [1.807, 2.05) is 68.4 Å². The van der Waals surface area contributed by atoms with Crippen LogP contribution in [0.3, 0.4) is 0 Å². The molecule has 10 heteroatoms. The Morgan fingerprint density at radius 2 is 1.71 bits per heavy atom. The summed E-state index contributed by atoms with van der Waals surface area (Å²) in [5, 5.41) is 3.19. The molecule has 220 valence electrons. The number of carbonyl (C=O) groups excluding carboxylic acids is 2. The van der Waals surface area contributed by atoms with Crippen molar-refractivity contribution in [1.82, 2.24) is 10.2 Å². The van der Waals surface area contributed by atoms with Crippen molar-refractivity contribution in [3.63, 3.8) is 0 Å². The summed E-state index contributed by atoms with van der Waals surface area (Å²) < 4.78 is 32.1. The van der Waals surface area contributed by atoms with E-state index in [4.69, 9.17) is 16.3 Å². The predicted molar refractivity (Wildman–Crippen MR) is 164 cm³/mol. The van der Waals surface area contributed by atoms with E-state index in [-0.39, 0.29) is 29.6 Å². The van der Waals surface area contributed by atoms with Gasteiger partial charge in [-0.05, 0) is 48.2 Å². The van der Waals surface area contributed by atoms with E-state index < -0.39 is 28.5 Å². The van der Waals surface area contributed by atoms with Gasteiger partial charge in [0.05, 0.1) is 24.1 Å². The van der Waals surface area contributed by atoms with Crippen LogP contribution >= 0.6 is 11.6 Å². The van der Waals surface area contributed by atoms with Gasteiger partial charge in [-0.3, -0.25) is 13.9 Å². The molecule has 0 bridgehead atoms. The standard InChI is InChI=1S/C31H38ClN3O5S/c1-5-6-18-33-31(37)28(19-24-13-8-7-9-14-24)34(21-25-15-11-10-12-23(25)2)30(36)22-35(41(4,38)39)26-16-17-29(40-3)27(32)20-26/h7-17,20,28H,5-6,18-19,21-22H2,1-4H3,(H,33,37)/t28-/m1/s1. The summed E-state index contributed by atoms with van der Waals surface area (Å²) in [7, 11) is -2.44. The first-order chi connectivity index (χ1) is 19.5. The van der Waals surface area contributed by atoms with Gasteiger partial charge in [0, 0.05) is 19.5 Å². The Kier molecular flexibility index (Phi) is 11.6. The Balaban J connectivity index is 2.05. The van der Waals surface area contributed by atoms with Gasteiger partial charge < -0.3 is 15.0 Å². The fraction of sp³-hybridized carbons (Fsp3) is 0.355. The van der Waals surface area contributed by atoms with Crippen LogP contribution in [0.15, 0.2) is 72.8 Å². The molecule has 0 aliphatic heterocycles. The summed E-state index contributed by atoms with van der Waals surface area (Å²) in [5.74, 6) is -0.428. The van der Waals surface area contributed by atoms with E-state index in [1.165, 1.54) is 24.1 Å². The minimum absolute atomic E-state index is 0.130. The number of rotatable bonds is 14. The third-order valence-electron chi connectivity index (χ3n) is 6.81. The minimum Gasteiger partial charge on any atom is -0.495 e. The molecule has 41 heavy (non-hydrogen) atoms. The number of hydrogen-bond acceptors (Lipinski definition) is 5. The summed E-state index contributed by atoms with van der Waals surface area (Å²) in [6.07, 6.45) is 3.01. The van der Waals surface area contributed by atoms with Crippen molar-refractivity contribution in [3.05, 3.63) is 94.5 Å². The number of halogens is 1. The molecule has 0 aliphatic rings. The number of nitrogens with one attached hydrogen (secondary N) is 1. The average Bonchev–Trinajstić information content (AvgIpc) is 2.94. The Labute approximate surface area is 248 Å². The lowest BCUT2D eigenvalue weighted by Crippen LogP contribution is -2.53. The van der Waals surface area contributed by atoms with Gasteiger partial charge in [-0.15, -0.1) is 0 Å². The normalized spacial score (nSPS) is 11.9. The SMILES string of the molecule is CCCCNC(=O)[C@@H](Cc1ccccc1)N(Cc1ccccc1C)C(=O)CN(c1ccc(OC)c(Cl)c1)S(C)(=O)=O. The molecule has 2 amide bonds. The van der Waals surface area contributed by atoms with Gasteiger partial charge in [-0.25, -0.2) is 8.42 Å². The van der Waals surface area contributed by atoms with Gasteiger partial charge in [-0.1, -0.05) is 79.5 Å². The van der Waals surface area contributed by atoms with Crippen LogP contribution in [0.2, 0.25) is 5.02 Å². The molecule has 3 aromatic rings. The van der Waals surface area contributed by atoms with Crippen molar-refractivity contribution in [3.8, 4) is 5.75 Å². The number of nitrogens with zero attached hydrogens (tertiary/aromatic N) is 2. The number of ether oxygens (including phenoxy) is 1. The summed E-state index contributed by atoms with van der Waals surface area (Å²) in [6, 6.07) is 20.7. The van der Waals surface area contributed by atoms with Crippen LogP contribution in [0.1, 0.15) is 36.5 Å². The molecule has 0 radical (unpaired) electrons. The lowest BCUT2D eigenvalue weighted by molar-refractivity contribution is -0.140. The third-order valence-corrected chi connectivity index (χ3v) is 8.24. The molecule has 0 saturated carbocycles. The zero-order valence-electron chi connectivity index (χ0n) is 24.0. The second-order valence-electron chi connectivity index (χ2n) is 9.89. The molecule has 0 aliphatic carbocycles. The van der Waals surface area contributed by atoms with E-state index in [0.717, 1.165) is 40.1 Å². The number of anilines is 1. The highest BCUT2D eigenvalue weighted by Gasteiger charge is 2.33. The molecule has 0 fully saturated rings. The highest BCUT2D eigenvalue weighted by molar-refractivity contribution is 7.92. The van der Waals surface area contributed by atoms with E-state index in [0.29, 0.717) is 12.3 Å². The van der Waals surface area contributed by atoms with E-state index in [2.05, 4.69) is 5.32 Å². The van der Waals surface area contributed by atoms with Crippen LogP contribution in [0, 0.1) is 6.92 Å². The maximum atomic E-state index is 14.1. The number of carbonyl (C=O) groups is 2. The first-order valence-electron chi connectivity index (χ1n) is 13.5. The quantitative estimate of drug-likeness (QED) is 0.264. The van der Waals surface area contributed by atoms with Gasteiger partial charge >= 0.3 is 0 Å². The summed E-state index contributed by atoms with van der Waals surface area (Å²) >= 11 is 6.30. The number of amides is 2. The summed E-state index contributed by atoms with van der Waals surface area (Å²) in [4.78, 5) is 29.3. The van der Waals surface area contributed by atoms with Gasteiger partial charge in [0.15, 0.2) is 0 Å². The molecular weight excluding hydrogens is 562 g/mol. The smallest absolute Gasteiger partial charge is 0.244 e. The van der Waals surface area contributed by atoms with Crippen LogP contribution < -0.4 is 14.4 Å². The number of hydrogen-bond donors (Lipinski definition) is 1. The molecule has 0 spiro atoms. The number of sulfonamides is 1. The topological polar surface area (TPSA) is 96.0 Å². The van der Waals surface area contributed by atoms with E-state index in [1.54, 1.807) is 6.07 Å². The number of methoxy groups -OCH3 is 1. The van der Waals surface area contributed by atoms with E-state index in [9.17, 15) is 18.0 Å². The third kappa shape index (κ3) is 8.96. The van der Waals surface area contributed by atoms with Crippen LogP contribution in [0.5, 0.6) is 5.75 Å². The fourth-order valence-electron chi connectivity index (χ4n) is 4.46. The monoisotopic (exact) mass is 599 g/mol. The van der Waals surface area contributed by atoms with Gasteiger partial charge in [0.25, 0.3) is 0 Å². The molecule has 0 saturated heterocycles. The molecule has 1 atom stereocenters. The van der Waals surface area contributed by atoms with Crippen molar-refractivity contribution in [1.29, 1.82) is 0 Å². The largest absolute Gasteiger partial charge is 0.495 e. The Bertz CT molecular complexity index is 1430. The van der Waals surface area contributed by atoms with E-state index >= 15 is 0 Å². The molecule has 0 unspecified atom stereocenters. The van der Waals surface area contributed by atoms with Gasteiger partial charge in [-0.2, -0.15) is 0 Å². The predicted octanol–water partition coefficient (Wildman–Crippen LogP) is 4.98. The molecule has 8 nitrogen and oxygen atoms in total. The van der Waals surface area contributed by atoms with Gasteiger partial charge in [0.1, 0.15) is 18.3 Å². The highest BCUT2D eigenvalue weighted by atomic mass is 35.5. The Hall–Kier alpha value is -3.56. The van der Waals surface area contributed by atoms with Crippen molar-refractivity contribution in [2.24, 2.45) is 0 Å². The van der Waals surface area contributed by atoms with Crippen LogP contribution in [-0.4, -0.2) is 57.6 Å². The summed E-state index contributed by atoms with van der Waals surface area (Å²) in [5.41, 5.74) is 2.91. The molecule has 0 aromatic heterocycles. The molecular formula is C31H38ClN3O5S. The first-order valence-corrected chi connectivity index (χ1v) is 15.7. The summed E-state index contributed by atoms with van der Waals surface area (Å²) in [6.45, 7) is 4.07. The molecule has 3 aromatic carbocycles. The lowest BCUT2D eigenvalue weighted by Gasteiger charge is -2.34. The zero-order chi connectivity index (χ0) is 30.0. The second-order valence-corrected chi connectivity index (χ2v) is 12.2. The van der Waals surface area contributed by atoms with Crippen molar-refractivity contribution in [2.45, 2.75) is 45.7 Å². The number of unbranched alkanes of at least 4 members (excludes halogenated alkanes) is 1. The van der Waals surface area contributed by atoms with Crippen LogP contribution in [-0.2, 0) is 32.6 Å². The zero-order valence-corrected chi connectivity index (χ0v) is 25.5. The van der Waals surface area contributed by atoms with Crippen LogP contribution in [0.4, 0.5) is 5.69 Å². The highest BCUT2D eigenvalue weighted by Crippen LogP contribution is 2.30. The number of benzene rings is 3. The average molecular weight is 600 g/mol. The maximum absolute atomic E-state index is 14.1. The minimum atomic E-state index is -3.90. The van der Waals surface area contributed by atoms with Crippen molar-refractivity contribution >= 4 is 39.1 Å². The van der Waals surface area contributed by atoms with Crippen LogP contribution in [0.25, 0.3) is 0 Å².